The highest BCUT2D eigenvalue weighted by molar-refractivity contribution is 9.10. The molecule has 0 radical (unpaired) electrons. The summed E-state index contributed by atoms with van der Waals surface area (Å²) in [6.07, 6.45) is 0. The predicted molar refractivity (Wildman–Crippen MR) is 74.5 cm³/mol. The molecule has 0 saturated heterocycles. The summed E-state index contributed by atoms with van der Waals surface area (Å²) in [5.41, 5.74) is 0.369. The summed E-state index contributed by atoms with van der Waals surface area (Å²) in [5.74, 6) is -2.61. The molecule has 20 heavy (non-hydrogen) atoms. The van der Waals surface area contributed by atoms with Gasteiger partial charge in [-0.15, -0.1) is 0 Å². The third-order valence-electron chi connectivity index (χ3n) is 2.59. The third-order valence-corrected chi connectivity index (χ3v) is 3.08. The number of aromatic amines is 1. The van der Waals surface area contributed by atoms with E-state index in [1.165, 1.54) is 18.2 Å². The highest BCUT2D eigenvalue weighted by Gasteiger charge is 2.18. The van der Waals surface area contributed by atoms with Crippen molar-refractivity contribution in [3.05, 3.63) is 51.5 Å². The molecule has 0 atom stereocenters. The number of hydrogen-bond acceptors (Lipinski definition) is 2. The fraction of sp³-hybridized carbons (Fsp3) is 0.0769. The lowest BCUT2D eigenvalue weighted by Crippen LogP contribution is -2.15. The van der Waals surface area contributed by atoms with Crippen LogP contribution in [0.15, 0.2) is 28.7 Å². The highest BCUT2D eigenvalue weighted by atomic mass is 79.9. The Bertz CT molecular complexity index is 697. The molecule has 0 fully saturated rings. The molecule has 0 aliphatic heterocycles. The van der Waals surface area contributed by atoms with Crippen LogP contribution in [0.2, 0.25) is 0 Å². The van der Waals surface area contributed by atoms with Crippen molar-refractivity contribution in [2.75, 3.05) is 5.32 Å². The van der Waals surface area contributed by atoms with Crippen LogP contribution in [0.4, 0.5) is 10.1 Å². The van der Waals surface area contributed by atoms with Crippen LogP contribution in [0.3, 0.4) is 0 Å². The lowest BCUT2D eigenvalue weighted by atomic mass is 10.2. The zero-order valence-corrected chi connectivity index (χ0v) is 11.9. The molecule has 5 nitrogen and oxygen atoms in total. The molecule has 1 amide bonds. The van der Waals surface area contributed by atoms with Crippen LogP contribution in [0.5, 0.6) is 0 Å². The molecule has 2 rings (SSSR count). The van der Waals surface area contributed by atoms with Gasteiger partial charge in [0.25, 0.3) is 5.91 Å². The number of hydrogen-bond donors (Lipinski definition) is 3. The van der Waals surface area contributed by atoms with Crippen molar-refractivity contribution < 1.29 is 19.1 Å². The maximum atomic E-state index is 13.7. The fourth-order valence-corrected chi connectivity index (χ4v) is 2.05. The second kappa shape index (κ2) is 5.46. The van der Waals surface area contributed by atoms with E-state index in [2.05, 4.69) is 26.2 Å². The maximum absolute atomic E-state index is 13.7. The van der Waals surface area contributed by atoms with E-state index in [4.69, 9.17) is 5.11 Å². The Labute approximate surface area is 121 Å². The zero-order valence-electron chi connectivity index (χ0n) is 10.3. The summed E-state index contributed by atoms with van der Waals surface area (Å²) in [6.45, 7) is 1.66. The van der Waals surface area contributed by atoms with Gasteiger partial charge < -0.3 is 15.4 Å². The SMILES string of the molecule is Cc1cc(NC(=O)c2ccc(Br)cc2F)c(C(=O)O)[nH]1. The van der Waals surface area contributed by atoms with Crippen molar-refractivity contribution in [3.8, 4) is 0 Å². The van der Waals surface area contributed by atoms with E-state index in [1.54, 1.807) is 6.92 Å². The van der Waals surface area contributed by atoms with E-state index < -0.39 is 17.7 Å². The van der Waals surface area contributed by atoms with E-state index in [1.807, 2.05) is 0 Å². The molecule has 1 aromatic carbocycles. The van der Waals surface area contributed by atoms with Gasteiger partial charge in [0.05, 0.1) is 11.3 Å². The number of aromatic nitrogens is 1. The molecule has 0 spiro atoms. The molecular weight excluding hydrogens is 331 g/mol. The molecule has 0 aliphatic carbocycles. The largest absolute Gasteiger partial charge is 0.477 e. The van der Waals surface area contributed by atoms with Gasteiger partial charge in [-0.1, -0.05) is 15.9 Å². The molecule has 0 aliphatic rings. The number of nitrogens with one attached hydrogen (secondary N) is 2. The van der Waals surface area contributed by atoms with Crippen LogP contribution in [0, 0.1) is 12.7 Å². The monoisotopic (exact) mass is 340 g/mol. The molecule has 104 valence electrons. The maximum Gasteiger partial charge on any atom is 0.354 e. The van der Waals surface area contributed by atoms with Crippen molar-refractivity contribution in [1.82, 2.24) is 4.98 Å². The van der Waals surface area contributed by atoms with E-state index >= 15 is 0 Å². The van der Waals surface area contributed by atoms with E-state index in [0.29, 0.717) is 10.2 Å². The summed E-state index contributed by atoms with van der Waals surface area (Å²) in [5, 5.41) is 11.4. The summed E-state index contributed by atoms with van der Waals surface area (Å²) < 4.78 is 14.2. The summed E-state index contributed by atoms with van der Waals surface area (Å²) in [4.78, 5) is 25.6. The zero-order chi connectivity index (χ0) is 14.9. The van der Waals surface area contributed by atoms with Gasteiger partial charge in [0.2, 0.25) is 0 Å². The topological polar surface area (TPSA) is 82.2 Å². The van der Waals surface area contributed by atoms with Crippen molar-refractivity contribution in [3.63, 3.8) is 0 Å². The Kier molecular flexibility index (Phi) is 3.89. The first-order valence-electron chi connectivity index (χ1n) is 5.58. The number of benzene rings is 1. The number of halogens is 2. The third kappa shape index (κ3) is 2.88. The van der Waals surface area contributed by atoms with Crippen LogP contribution < -0.4 is 5.32 Å². The van der Waals surface area contributed by atoms with Gasteiger partial charge in [-0.3, -0.25) is 4.79 Å². The van der Waals surface area contributed by atoms with Crippen molar-refractivity contribution in [2.45, 2.75) is 6.92 Å². The van der Waals surface area contributed by atoms with Crippen LogP contribution >= 0.6 is 15.9 Å². The van der Waals surface area contributed by atoms with E-state index in [0.717, 1.165) is 6.07 Å². The molecule has 0 bridgehead atoms. The molecule has 3 N–H and O–H groups in total. The lowest BCUT2D eigenvalue weighted by molar-refractivity contribution is 0.0692. The number of rotatable bonds is 3. The minimum absolute atomic E-state index is 0.0994. The van der Waals surface area contributed by atoms with Gasteiger partial charge >= 0.3 is 5.97 Å². The van der Waals surface area contributed by atoms with Crippen LogP contribution in [0.25, 0.3) is 0 Å². The van der Waals surface area contributed by atoms with Crippen LogP contribution in [-0.4, -0.2) is 22.0 Å². The minimum atomic E-state index is -1.20. The predicted octanol–water partition coefficient (Wildman–Crippen LogP) is 3.18. The van der Waals surface area contributed by atoms with Gasteiger partial charge in [-0.05, 0) is 31.2 Å². The first-order chi connectivity index (χ1) is 9.38. The first-order valence-corrected chi connectivity index (χ1v) is 6.37. The number of carbonyl (C=O) groups is 2. The molecule has 2 aromatic rings. The number of carboxylic acids is 1. The van der Waals surface area contributed by atoms with Gasteiger partial charge in [-0.2, -0.15) is 0 Å². The number of carboxylic acid groups (broad SMARTS) is 1. The Balaban J connectivity index is 2.30. The number of H-pyrrole nitrogens is 1. The second-order valence-corrected chi connectivity index (χ2v) is 5.04. The number of anilines is 1. The Hall–Kier alpha value is -2.15. The Morgan fingerprint density at radius 1 is 1.35 bits per heavy atom. The minimum Gasteiger partial charge on any atom is -0.477 e. The molecule has 1 heterocycles. The lowest BCUT2D eigenvalue weighted by Gasteiger charge is -2.05. The quantitative estimate of drug-likeness (QED) is 0.802. The highest BCUT2D eigenvalue weighted by Crippen LogP contribution is 2.20. The van der Waals surface area contributed by atoms with Gasteiger partial charge in [0.15, 0.2) is 0 Å². The van der Waals surface area contributed by atoms with Crippen LogP contribution in [0.1, 0.15) is 26.5 Å². The summed E-state index contributed by atoms with van der Waals surface area (Å²) >= 11 is 3.09. The molecule has 0 saturated carbocycles. The van der Waals surface area contributed by atoms with Crippen molar-refractivity contribution in [2.24, 2.45) is 0 Å². The average molecular weight is 341 g/mol. The van der Waals surface area contributed by atoms with E-state index in [9.17, 15) is 14.0 Å². The smallest absolute Gasteiger partial charge is 0.354 e. The molecule has 7 heteroatoms. The number of aromatic carboxylic acids is 1. The molecule has 1 aromatic heterocycles. The second-order valence-electron chi connectivity index (χ2n) is 4.12. The van der Waals surface area contributed by atoms with Gasteiger partial charge in [0.1, 0.15) is 11.5 Å². The standard InChI is InChI=1S/C13H10BrFN2O3/c1-6-4-10(11(16-6)13(19)20)17-12(18)8-3-2-7(14)5-9(8)15/h2-5,16H,1H3,(H,17,18)(H,19,20). The number of aryl methyl sites for hydroxylation is 1. The summed E-state index contributed by atoms with van der Waals surface area (Å²) in [6, 6.07) is 5.47. The fourth-order valence-electron chi connectivity index (χ4n) is 1.72. The normalized spacial score (nSPS) is 10.3. The van der Waals surface area contributed by atoms with Crippen molar-refractivity contribution >= 4 is 33.5 Å². The Morgan fingerprint density at radius 2 is 2.05 bits per heavy atom. The van der Waals surface area contributed by atoms with Gasteiger partial charge in [0, 0.05) is 10.2 Å². The number of carbonyl (C=O) groups excluding carboxylic acids is 1. The van der Waals surface area contributed by atoms with Gasteiger partial charge in [-0.25, -0.2) is 9.18 Å². The first kappa shape index (κ1) is 14.3. The van der Waals surface area contributed by atoms with Crippen molar-refractivity contribution in [1.29, 1.82) is 0 Å². The average Bonchev–Trinajstić information content (AvgIpc) is 2.70. The molecular formula is C13H10BrFN2O3. The van der Waals surface area contributed by atoms with E-state index in [-0.39, 0.29) is 16.9 Å². The number of amides is 1. The summed E-state index contributed by atoms with van der Waals surface area (Å²) in [7, 11) is 0. The van der Waals surface area contributed by atoms with Crippen LogP contribution in [-0.2, 0) is 0 Å². The molecule has 0 unspecified atom stereocenters. The Morgan fingerprint density at radius 3 is 2.65 bits per heavy atom.